The molecule has 0 aromatic heterocycles. The fourth-order valence-corrected chi connectivity index (χ4v) is 2.57. The van der Waals surface area contributed by atoms with Crippen LogP contribution in [0.5, 0.6) is 0 Å². The number of hydrogen-bond donors (Lipinski definition) is 1. The molecule has 0 aliphatic heterocycles. The monoisotopic (exact) mass is 239 g/mol. The topological polar surface area (TPSA) is 12.0 Å². The summed E-state index contributed by atoms with van der Waals surface area (Å²) in [7, 11) is 0. The van der Waals surface area contributed by atoms with E-state index < -0.39 is 0 Å². The molecule has 0 saturated heterocycles. The number of rotatable bonds is 6. The quantitative estimate of drug-likeness (QED) is 0.791. The molecular weight excluding hydrogens is 218 g/mol. The molecule has 1 rings (SSSR count). The lowest BCUT2D eigenvalue weighted by Gasteiger charge is -2.33. The normalized spacial score (nSPS) is 11.8. The van der Waals surface area contributed by atoms with E-state index in [1.807, 2.05) is 12.1 Å². The van der Waals surface area contributed by atoms with E-state index in [1.54, 1.807) is 0 Å². The zero-order valence-corrected chi connectivity index (χ0v) is 11.3. The smallest absolute Gasteiger partial charge is 0.0444 e. The average Bonchev–Trinajstić information content (AvgIpc) is 2.33. The third kappa shape index (κ3) is 2.78. The largest absolute Gasteiger partial charge is 0.316 e. The third-order valence-electron chi connectivity index (χ3n) is 3.51. The van der Waals surface area contributed by atoms with Crippen molar-refractivity contribution in [2.75, 3.05) is 13.1 Å². The van der Waals surface area contributed by atoms with Crippen molar-refractivity contribution in [2.24, 2.45) is 0 Å². The molecule has 0 aliphatic rings. The van der Waals surface area contributed by atoms with Gasteiger partial charge in [-0.15, -0.1) is 0 Å². The lowest BCUT2D eigenvalue weighted by atomic mass is 9.75. The molecular formula is C14H22ClN. The second kappa shape index (κ2) is 6.27. The Morgan fingerprint density at radius 2 is 1.75 bits per heavy atom. The van der Waals surface area contributed by atoms with Gasteiger partial charge in [0.15, 0.2) is 0 Å². The molecule has 16 heavy (non-hydrogen) atoms. The van der Waals surface area contributed by atoms with Crippen molar-refractivity contribution >= 4 is 11.6 Å². The Balaban J connectivity index is 3.05. The number of halogens is 1. The van der Waals surface area contributed by atoms with Gasteiger partial charge >= 0.3 is 0 Å². The van der Waals surface area contributed by atoms with Gasteiger partial charge in [-0.1, -0.05) is 50.6 Å². The van der Waals surface area contributed by atoms with Crippen LogP contribution in [0, 0.1) is 0 Å². The minimum absolute atomic E-state index is 0.175. The molecule has 0 fully saturated rings. The highest BCUT2D eigenvalue weighted by atomic mass is 35.5. The Labute approximate surface area is 104 Å². The van der Waals surface area contributed by atoms with Gasteiger partial charge in [-0.25, -0.2) is 0 Å². The highest BCUT2D eigenvalue weighted by Gasteiger charge is 2.29. The van der Waals surface area contributed by atoms with E-state index in [-0.39, 0.29) is 5.41 Å². The van der Waals surface area contributed by atoms with E-state index in [2.05, 4.69) is 38.2 Å². The van der Waals surface area contributed by atoms with E-state index in [4.69, 9.17) is 11.6 Å². The Morgan fingerprint density at radius 1 is 1.12 bits per heavy atom. The van der Waals surface area contributed by atoms with Crippen LogP contribution >= 0.6 is 11.6 Å². The van der Waals surface area contributed by atoms with Crippen LogP contribution in [0.3, 0.4) is 0 Å². The maximum Gasteiger partial charge on any atom is 0.0444 e. The van der Waals surface area contributed by atoms with Gasteiger partial charge < -0.3 is 5.32 Å². The number of likely N-dealkylation sites (N-methyl/N-ethyl adjacent to an activating group) is 1. The Kier molecular flexibility index (Phi) is 5.30. The molecule has 0 atom stereocenters. The maximum absolute atomic E-state index is 6.32. The summed E-state index contributed by atoms with van der Waals surface area (Å²) in [6.07, 6.45) is 2.22. The van der Waals surface area contributed by atoms with Crippen molar-refractivity contribution in [3.8, 4) is 0 Å². The van der Waals surface area contributed by atoms with Crippen LogP contribution < -0.4 is 5.32 Å². The third-order valence-corrected chi connectivity index (χ3v) is 3.84. The first-order valence-electron chi connectivity index (χ1n) is 6.16. The van der Waals surface area contributed by atoms with E-state index in [9.17, 15) is 0 Å². The second-order valence-electron chi connectivity index (χ2n) is 4.25. The first kappa shape index (κ1) is 13.5. The molecule has 1 aromatic carbocycles. The molecule has 0 unspecified atom stereocenters. The molecule has 0 spiro atoms. The van der Waals surface area contributed by atoms with Crippen LogP contribution in [0.4, 0.5) is 0 Å². The summed E-state index contributed by atoms with van der Waals surface area (Å²) in [5, 5.41) is 4.35. The summed E-state index contributed by atoms with van der Waals surface area (Å²) in [5.41, 5.74) is 1.46. The molecule has 0 amide bonds. The van der Waals surface area contributed by atoms with Crippen molar-refractivity contribution in [3.05, 3.63) is 34.9 Å². The molecule has 0 aliphatic carbocycles. The lowest BCUT2D eigenvalue weighted by Crippen LogP contribution is -2.37. The minimum Gasteiger partial charge on any atom is -0.316 e. The first-order valence-corrected chi connectivity index (χ1v) is 6.53. The van der Waals surface area contributed by atoms with Gasteiger partial charge in [-0.2, -0.15) is 0 Å². The molecule has 0 bridgehead atoms. The summed E-state index contributed by atoms with van der Waals surface area (Å²) in [6.45, 7) is 8.63. The highest BCUT2D eigenvalue weighted by molar-refractivity contribution is 6.31. The van der Waals surface area contributed by atoms with Crippen molar-refractivity contribution in [2.45, 2.75) is 39.0 Å². The minimum atomic E-state index is 0.175. The highest BCUT2D eigenvalue weighted by Crippen LogP contribution is 2.35. The molecule has 1 N–H and O–H groups in total. The molecule has 1 aromatic rings. The van der Waals surface area contributed by atoms with Gasteiger partial charge in [0.1, 0.15) is 0 Å². The fourth-order valence-electron chi connectivity index (χ4n) is 2.23. The number of nitrogens with one attached hydrogen (secondary N) is 1. The predicted octanol–water partition coefficient (Wildman–Crippen LogP) is 4.01. The zero-order valence-electron chi connectivity index (χ0n) is 10.5. The van der Waals surface area contributed by atoms with Gasteiger partial charge in [-0.05, 0) is 31.0 Å². The van der Waals surface area contributed by atoms with Gasteiger partial charge in [0.2, 0.25) is 0 Å². The van der Waals surface area contributed by atoms with Gasteiger partial charge in [0.05, 0.1) is 0 Å². The fraction of sp³-hybridized carbons (Fsp3) is 0.571. The Morgan fingerprint density at radius 3 is 2.25 bits per heavy atom. The molecule has 2 heteroatoms. The van der Waals surface area contributed by atoms with E-state index in [1.165, 1.54) is 5.56 Å². The summed E-state index contributed by atoms with van der Waals surface area (Å²) >= 11 is 6.32. The zero-order chi connectivity index (χ0) is 12.0. The van der Waals surface area contributed by atoms with E-state index >= 15 is 0 Å². The van der Waals surface area contributed by atoms with Crippen LogP contribution in [0.1, 0.15) is 39.2 Å². The van der Waals surface area contributed by atoms with Crippen LogP contribution in [-0.2, 0) is 5.41 Å². The van der Waals surface area contributed by atoms with Crippen LogP contribution in [-0.4, -0.2) is 13.1 Å². The van der Waals surface area contributed by atoms with Crippen LogP contribution in [0.15, 0.2) is 24.3 Å². The van der Waals surface area contributed by atoms with Gasteiger partial charge in [-0.3, -0.25) is 0 Å². The van der Waals surface area contributed by atoms with Crippen LogP contribution in [0.25, 0.3) is 0 Å². The molecule has 90 valence electrons. The maximum atomic E-state index is 6.32. The van der Waals surface area contributed by atoms with Crippen molar-refractivity contribution in [3.63, 3.8) is 0 Å². The number of hydrogen-bond acceptors (Lipinski definition) is 1. The summed E-state index contributed by atoms with van der Waals surface area (Å²) in [5.74, 6) is 0. The summed E-state index contributed by atoms with van der Waals surface area (Å²) < 4.78 is 0. The summed E-state index contributed by atoms with van der Waals surface area (Å²) in [6, 6.07) is 8.22. The van der Waals surface area contributed by atoms with Crippen molar-refractivity contribution in [1.29, 1.82) is 0 Å². The second-order valence-corrected chi connectivity index (χ2v) is 4.65. The molecule has 0 heterocycles. The van der Waals surface area contributed by atoms with E-state index in [0.29, 0.717) is 0 Å². The standard InChI is InChI=1S/C14H22ClN/c1-4-14(5-2,11-16-6-3)12-9-7-8-10-13(12)15/h7-10,16H,4-6,11H2,1-3H3. The van der Waals surface area contributed by atoms with Gasteiger partial charge in [0, 0.05) is 17.0 Å². The molecule has 0 radical (unpaired) electrons. The van der Waals surface area contributed by atoms with E-state index in [0.717, 1.165) is 31.0 Å². The first-order chi connectivity index (χ1) is 7.70. The van der Waals surface area contributed by atoms with Crippen molar-refractivity contribution in [1.82, 2.24) is 5.32 Å². The van der Waals surface area contributed by atoms with Gasteiger partial charge in [0.25, 0.3) is 0 Å². The SMILES string of the molecule is CCNCC(CC)(CC)c1ccccc1Cl. The average molecular weight is 240 g/mol. The molecule has 1 nitrogen and oxygen atoms in total. The van der Waals surface area contributed by atoms with Crippen molar-refractivity contribution < 1.29 is 0 Å². The lowest BCUT2D eigenvalue weighted by molar-refractivity contribution is 0.372. The number of benzene rings is 1. The van der Waals surface area contributed by atoms with Crippen LogP contribution in [0.2, 0.25) is 5.02 Å². The Hall–Kier alpha value is -0.530. The molecule has 0 saturated carbocycles. The summed E-state index contributed by atoms with van der Waals surface area (Å²) in [4.78, 5) is 0. The Bertz CT molecular complexity index is 318. The predicted molar refractivity (Wildman–Crippen MR) is 72.3 cm³/mol.